The minimum absolute atomic E-state index is 0.0608. The van der Waals surface area contributed by atoms with Gasteiger partial charge in [-0.3, -0.25) is 4.57 Å². The van der Waals surface area contributed by atoms with E-state index in [0.717, 1.165) is 31.0 Å². The van der Waals surface area contributed by atoms with E-state index in [-0.39, 0.29) is 11.2 Å². The molecule has 0 atom stereocenters. The van der Waals surface area contributed by atoms with Gasteiger partial charge < -0.3 is 20.9 Å². The van der Waals surface area contributed by atoms with E-state index in [4.69, 9.17) is 5.73 Å². The predicted octanol–water partition coefficient (Wildman–Crippen LogP) is 0.700. The highest BCUT2D eigenvalue weighted by molar-refractivity contribution is 7.63. The zero-order valence-electron chi connectivity index (χ0n) is 17.2. The van der Waals surface area contributed by atoms with Gasteiger partial charge in [0.05, 0.1) is 6.54 Å². The molecule has 1 fully saturated rings. The molecule has 1 aliphatic rings. The van der Waals surface area contributed by atoms with Gasteiger partial charge in [0, 0.05) is 31.4 Å². The van der Waals surface area contributed by atoms with Gasteiger partial charge in [0.1, 0.15) is 11.3 Å². The second kappa shape index (κ2) is 7.39. The van der Waals surface area contributed by atoms with Gasteiger partial charge in [-0.15, -0.1) is 0 Å². The number of imidazole rings is 1. The fourth-order valence-electron chi connectivity index (χ4n) is 3.60. The van der Waals surface area contributed by atoms with Crippen LogP contribution in [-0.2, 0) is 6.54 Å². The summed E-state index contributed by atoms with van der Waals surface area (Å²) >= 11 is 0. The SMILES string of the molecule is CP(C)c1nc(N)c2[nH]c(=O)n(Cc3ccc(N4CCNC(C)(C)C4)nc3)c2n1. The maximum atomic E-state index is 12.5. The van der Waals surface area contributed by atoms with Crippen molar-refractivity contribution >= 4 is 36.3 Å². The lowest BCUT2D eigenvalue weighted by molar-refractivity contribution is 0.352. The Morgan fingerprint density at radius 2 is 2.07 bits per heavy atom. The van der Waals surface area contributed by atoms with Gasteiger partial charge in [0.25, 0.3) is 0 Å². The summed E-state index contributed by atoms with van der Waals surface area (Å²) in [6, 6.07) is 4.03. The summed E-state index contributed by atoms with van der Waals surface area (Å²) < 4.78 is 1.60. The zero-order valence-corrected chi connectivity index (χ0v) is 18.1. The van der Waals surface area contributed by atoms with Crippen molar-refractivity contribution in [1.82, 2.24) is 29.8 Å². The first-order valence-electron chi connectivity index (χ1n) is 9.62. The highest BCUT2D eigenvalue weighted by atomic mass is 31.1. The van der Waals surface area contributed by atoms with Crippen LogP contribution in [0.15, 0.2) is 23.1 Å². The Labute approximate surface area is 170 Å². The van der Waals surface area contributed by atoms with Crippen molar-refractivity contribution in [2.24, 2.45) is 0 Å². The molecule has 0 aromatic carbocycles. The fraction of sp³-hybridized carbons (Fsp3) is 0.474. The van der Waals surface area contributed by atoms with Crippen LogP contribution in [0.2, 0.25) is 0 Å². The Morgan fingerprint density at radius 3 is 2.72 bits per heavy atom. The molecule has 4 heterocycles. The molecule has 0 saturated carbocycles. The lowest BCUT2D eigenvalue weighted by Crippen LogP contribution is -2.57. The normalized spacial score (nSPS) is 16.7. The highest BCUT2D eigenvalue weighted by Gasteiger charge is 2.26. The first kappa shape index (κ1) is 19.8. The zero-order chi connectivity index (χ0) is 20.8. The Balaban J connectivity index is 1.62. The van der Waals surface area contributed by atoms with Crippen LogP contribution < -0.4 is 27.2 Å². The molecule has 3 aromatic heterocycles. The van der Waals surface area contributed by atoms with E-state index in [9.17, 15) is 4.79 Å². The number of rotatable bonds is 4. The molecule has 4 N–H and O–H groups in total. The molecule has 3 aromatic rings. The van der Waals surface area contributed by atoms with E-state index in [2.05, 4.69) is 57.3 Å². The van der Waals surface area contributed by atoms with E-state index in [1.54, 1.807) is 4.57 Å². The molecule has 10 heteroatoms. The number of pyridine rings is 1. The Bertz CT molecular complexity index is 1090. The highest BCUT2D eigenvalue weighted by Crippen LogP contribution is 2.24. The molecule has 4 rings (SSSR count). The van der Waals surface area contributed by atoms with Crippen LogP contribution >= 0.6 is 7.92 Å². The van der Waals surface area contributed by atoms with E-state index in [1.165, 1.54) is 0 Å². The third-order valence-electron chi connectivity index (χ3n) is 5.08. The number of nitrogen functional groups attached to an aromatic ring is 1. The van der Waals surface area contributed by atoms with Crippen LogP contribution in [0.5, 0.6) is 0 Å². The van der Waals surface area contributed by atoms with Gasteiger partial charge in [-0.05, 0) is 46.7 Å². The summed E-state index contributed by atoms with van der Waals surface area (Å²) in [6.07, 6.45) is 1.83. The summed E-state index contributed by atoms with van der Waals surface area (Å²) in [5.74, 6) is 1.26. The molecule has 1 saturated heterocycles. The number of fused-ring (bicyclic) bond motifs is 1. The number of piperazine rings is 1. The summed E-state index contributed by atoms with van der Waals surface area (Å²) in [6.45, 7) is 11.6. The van der Waals surface area contributed by atoms with Crippen molar-refractivity contribution in [3.05, 3.63) is 34.4 Å². The minimum Gasteiger partial charge on any atom is -0.382 e. The number of nitrogens with zero attached hydrogens (tertiary/aromatic N) is 5. The van der Waals surface area contributed by atoms with Crippen LogP contribution in [0.1, 0.15) is 19.4 Å². The number of anilines is 2. The minimum atomic E-state index is -0.522. The number of aromatic amines is 1. The maximum absolute atomic E-state index is 12.5. The number of H-pyrrole nitrogens is 1. The second-order valence-electron chi connectivity index (χ2n) is 8.28. The molecular formula is C19H27N8OP. The molecule has 0 radical (unpaired) electrons. The fourth-order valence-corrected chi connectivity index (χ4v) is 4.21. The number of nitrogens with two attached hydrogens (primary N) is 1. The van der Waals surface area contributed by atoms with Crippen molar-refractivity contribution in [2.45, 2.75) is 25.9 Å². The van der Waals surface area contributed by atoms with Gasteiger partial charge >= 0.3 is 5.69 Å². The molecule has 1 aliphatic heterocycles. The molecule has 0 bridgehead atoms. The summed E-state index contributed by atoms with van der Waals surface area (Å²) in [7, 11) is -0.522. The van der Waals surface area contributed by atoms with Gasteiger partial charge in [0.2, 0.25) is 0 Å². The summed E-state index contributed by atoms with van der Waals surface area (Å²) in [5, 5.41) is 3.51. The van der Waals surface area contributed by atoms with Crippen molar-refractivity contribution in [2.75, 3.05) is 43.6 Å². The number of hydrogen-bond donors (Lipinski definition) is 3. The van der Waals surface area contributed by atoms with E-state index in [0.29, 0.717) is 29.1 Å². The van der Waals surface area contributed by atoms with Gasteiger partial charge in [-0.25, -0.2) is 19.7 Å². The molecule has 0 amide bonds. The van der Waals surface area contributed by atoms with Crippen LogP contribution in [0.3, 0.4) is 0 Å². The van der Waals surface area contributed by atoms with Crippen LogP contribution in [0, 0.1) is 0 Å². The second-order valence-corrected chi connectivity index (χ2v) is 10.5. The van der Waals surface area contributed by atoms with Crippen molar-refractivity contribution in [1.29, 1.82) is 0 Å². The molecule has 9 nitrogen and oxygen atoms in total. The molecule has 0 unspecified atom stereocenters. The number of nitrogens with one attached hydrogen (secondary N) is 2. The quantitative estimate of drug-likeness (QED) is 0.538. The molecular weight excluding hydrogens is 387 g/mol. The van der Waals surface area contributed by atoms with Crippen molar-refractivity contribution in [3.8, 4) is 0 Å². The maximum Gasteiger partial charge on any atom is 0.328 e. The molecule has 0 spiro atoms. The standard InChI is InChI=1S/C19H27N8OP/c1-19(2)11-26(8-7-22-19)13-6-5-12(9-21-13)10-27-16-14(23-18(27)28)15(20)24-17(25-16)29(3)4/h5-6,9,22H,7-8,10-11H2,1-4H3,(H,23,28)(H2,20,24,25). The Kier molecular flexibility index (Phi) is 5.04. The van der Waals surface area contributed by atoms with E-state index >= 15 is 0 Å². The third kappa shape index (κ3) is 3.97. The lowest BCUT2D eigenvalue weighted by atomic mass is 10.0. The molecule has 0 aliphatic carbocycles. The smallest absolute Gasteiger partial charge is 0.328 e. The third-order valence-corrected chi connectivity index (χ3v) is 6.08. The number of aromatic nitrogens is 5. The van der Waals surface area contributed by atoms with Gasteiger partial charge in [0.15, 0.2) is 17.0 Å². The molecule has 29 heavy (non-hydrogen) atoms. The van der Waals surface area contributed by atoms with Crippen molar-refractivity contribution < 1.29 is 0 Å². The van der Waals surface area contributed by atoms with Crippen molar-refractivity contribution in [3.63, 3.8) is 0 Å². The van der Waals surface area contributed by atoms with E-state index < -0.39 is 7.92 Å². The van der Waals surface area contributed by atoms with Crippen LogP contribution in [0.25, 0.3) is 11.2 Å². The van der Waals surface area contributed by atoms with Gasteiger partial charge in [-0.1, -0.05) is 6.07 Å². The van der Waals surface area contributed by atoms with Crippen LogP contribution in [0.4, 0.5) is 11.6 Å². The predicted molar refractivity (Wildman–Crippen MR) is 119 cm³/mol. The average Bonchev–Trinajstić information content (AvgIpc) is 2.98. The first-order valence-corrected chi connectivity index (χ1v) is 11.9. The largest absolute Gasteiger partial charge is 0.382 e. The average molecular weight is 414 g/mol. The Morgan fingerprint density at radius 1 is 1.28 bits per heavy atom. The number of hydrogen-bond acceptors (Lipinski definition) is 7. The lowest BCUT2D eigenvalue weighted by Gasteiger charge is -2.39. The van der Waals surface area contributed by atoms with E-state index in [1.807, 2.05) is 18.3 Å². The molecule has 154 valence electrons. The first-order chi connectivity index (χ1) is 13.7. The van der Waals surface area contributed by atoms with Gasteiger partial charge in [-0.2, -0.15) is 0 Å². The monoisotopic (exact) mass is 414 g/mol. The topological polar surface area (TPSA) is 118 Å². The summed E-state index contributed by atoms with van der Waals surface area (Å²) in [4.78, 5) is 31.1. The summed E-state index contributed by atoms with van der Waals surface area (Å²) in [5.41, 5.74) is 8.51. The van der Waals surface area contributed by atoms with Crippen LogP contribution in [-0.4, -0.2) is 63.0 Å². The Hall–Kier alpha value is -2.51.